The Labute approximate surface area is 197 Å². The molecule has 0 bridgehead atoms. The molecule has 0 fully saturated rings. The van der Waals surface area contributed by atoms with Gasteiger partial charge in [-0.2, -0.15) is 4.98 Å². The molecule has 1 atom stereocenters. The first-order valence-corrected chi connectivity index (χ1v) is 10.9. The number of halogens is 3. The molecule has 1 heterocycles. The highest BCUT2D eigenvalue weighted by Crippen LogP contribution is 2.31. The Morgan fingerprint density at radius 1 is 1.00 bits per heavy atom. The number of aliphatic hydroxyl groups is 1. The molecule has 0 radical (unpaired) electrons. The molecule has 0 amide bonds. The molecule has 182 valence electrons. The van der Waals surface area contributed by atoms with E-state index in [0.29, 0.717) is 17.1 Å². The maximum Gasteiger partial charge on any atom is 0.573 e. The third kappa shape index (κ3) is 6.60. The summed E-state index contributed by atoms with van der Waals surface area (Å²) in [6.45, 7) is 9.77. The van der Waals surface area contributed by atoms with Gasteiger partial charge in [0, 0.05) is 17.3 Å². The second kappa shape index (κ2) is 10.3. The van der Waals surface area contributed by atoms with E-state index >= 15 is 0 Å². The summed E-state index contributed by atoms with van der Waals surface area (Å²) < 4.78 is 42.2. The molecular formula is C25H29F3N4O2. The Morgan fingerprint density at radius 2 is 1.68 bits per heavy atom. The third-order valence-corrected chi connectivity index (χ3v) is 5.34. The van der Waals surface area contributed by atoms with Crippen LogP contribution in [0.4, 0.5) is 30.6 Å². The second-order valence-electron chi connectivity index (χ2n) is 8.61. The SMILES string of the molecule is Cc1cc(C)c(Nc2cc(-c3cccc(OC(F)(F)F)c3)nc(N[C@@H](CO)C(C)C)n2)c(C)c1. The molecular weight excluding hydrogens is 445 g/mol. The van der Waals surface area contributed by atoms with Crippen molar-refractivity contribution in [1.82, 2.24) is 9.97 Å². The summed E-state index contributed by atoms with van der Waals surface area (Å²) >= 11 is 0. The minimum Gasteiger partial charge on any atom is -0.406 e. The van der Waals surface area contributed by atoms with Gasteiger partial charge in [-0.15, -0.1) is 13.2 Å². The van der Waals surface area contributed by atoms with Crippen molar-refractivity contribution in [2.24, 2.45) is 5.92 Å². The molecule has 0 aliphatic rings. The lowest BCUT2D eigenvalue weighted by atomic mass is 10.0. The Bertz CT molecular complexity index is 1130. The molecule has 6 nitrogen and oxygen atoms in total. The van der Waals surface area contributed by atoms with Gasteiger partial charge in [-0.25, -0.2) is 4.98 Å². The van der Waals surface area contributed by atoms with E-state index in [-0.39, 0.29) is 30.3 Å². The first kappa shape index (κ1) is 25.3. The molecule has 0 saturated carbocycles. The first-order chi connectivity index (χ1) is 15.9. The number of nitrogens with one attached hydrogen (secondary N) is 2. The van der Waals surface area contributed by atoms with Crippen LogP contribution in [0.3, 0.4) is 0 Å². The van der Waals surface area contributed by atoms with Crippen LogP contribution in [-0.4, -0.2) is 34.1 Å². The van der Waals surface area contributed by atoms with E-state index in [1.165, 1.54) is 18.2 Å². The molecule has 0 unspecified atom stereocenters. The van der Waals surface area contributed by atoms with Crippen molar-refractivity contribution in [3.8, 4) is 17.0 Å². The molecule has 1 aromatic heterocycles. The minimum atomic E-state index is -4.80. The van der Waals surface area contributed by atoms with Gasteiger partial charge >= 0.3 is 6.36 Å². The number of hydrogen-bond acceptors (Lipinski definition) is 6. The van der Waals surface area contributed by atoms with Crippen LogP contribution in [0.15, 0.2) is 42.5 Å². The Hall–Kier alpha value is -3.33. The van der Waals surface area contributed by atoms with Crippen molar-refractivity contribution >= 4 is 17.5 Å². The van der Waals surface area contributed by atoms with Crippen LogP contribution in [0.25, 0.3) is 11.3 Å². The van der Waals surface area contributed by atoms with Gasteiger partial charge in [0.25, 0.3) is 0 Å². The van der Waals surface area contributed by atoms with E-state index in [1.807, 2.05) is 34.6 Å². The molecule has 34 heavy (non-hydrogen) atoms. The number of aliphatic hydroxyl groups excluding tert-OH is 1. The van der Waals surface area contributed by atoms with Crippen LogP contribution in [-0.2, 0) is 0 Å². The summed E-state index contributed by atoms with van der Waals surface area (Å²) in [5.74, 6) is 0.467. The molecule has 0 saturated heterocycles. The van der Waals surface area contributed by atoms with E-state index in [0.717, 1.165) is 22.4 Å². The van der Waals surface area contributed by atoms with Crippen molar-refractivity contribution in [2.45, 2.75) is 47.0 Å². The second-order valence-corrected chi connectivity index (χ2v) is 8.61. The van der Waals surface area contributed by atoms with Crippen LogP contribution in [0.5, 0.6) is 5.75 Å². The van der Waals surface area contributed by atoms with Crippen LogP contribution in [0, 0.1) is 26.7 Å². The number of ether oxygens (including phenoxy) is 1. The monoisotopic (exact) mass is 474 g/mol. The van der Waals surface area contributed by atoms with Crippen molar-refractivity contribution in [3.63, 3.8) is 0 Å². The zero-order chi connectivity index (χ0) is 25.0. The summed E-state index contributed by atoms with van der Waals surface area (Å²) in [7, 11) is 0. The first-order valence-electron chi connectivity index (χ1n) is 10.9. The summed E-state index contributed by atoms with van der Waals surface area (Å²) in [5, 5.41) is 16.2. The van der Waals surface area contributed by atoms with Gasteiger partial charge in [0.05, 0.1) is 18.3 Å². The maximum atomic E-state index is 12.7. The smallest absolute Gasteiger partial charge is 0.406 e. The number of aromatic nitrogens is 2. The summed E-state index contributed by atoms with van der Waals surface area (Å²) in [6.07, 6.45) is -4.80. The van der Waals surface area contributed by atoms with Gasteiger partial charge < -0.3 is 20.5 Å². The van der Waals surface area contributed by atoms with Gasteiger partial charge in [0.15, 0.2) is 0 Å². The molecule has 0 aliphatic carbocycles. The zero-order valence-corrected chi connectivity index (χ0v) is 19.8. The normalized spacial score (nSPS) is 12.5. The largest absolute Gasteiger partial charge is 0.573 e. The molecule has 0 aliphatic heterocycles. The lowest BCUT2D eigenvalue weighted by Gasteiger charge is -2.21. The van der Waals surface area contributed by atoms with Gasteiger partial charge in [-0.05, 0) is 49.9 Å². The summed E-state index contributed by atoms with van der Waals surface area (Å²) in [5.41, 5.74) is 4.91. The number of alkyl halides is 3. The fourth-order valence-corrected chi connectivity index (χ4v) is 3.67. The Balaban J connectivity index is 2.06. The van der Waals surface area contributed by atoms with Gasteiger partial charge in [-0.3, -0.25) is 0 Å². The fourth-order valence-electron chi connectivity index (χ4n) is 3.67. The molecule has 3 aromatic rings. The average molecular weight is 475 g/mol. The molecule has 3 rings (SSSR count). The van der Waals surface area contributed by atoms with Gasteiger partial charge in [-0.1, -0.05) is 43.7 Å². The molecule has 3 N–H and O–H groups in total. The quantitative estimate of drug-likeness (QED) is 0.364. The number of anilines is 3. The lowest BCUT2D eigenvalue weighted by Crippen LogP contribution is -2.30. The average Bonchev–Trinajstić information content (AvgIpc) is 2.73. The van der Waals surface area contributed by atoms with Gasteiger partial charge in [0.1, 0.15) is 11.6 Å². The predicted molar refractivity (Wildman–Crippen MR) is 127 cm³/mol. The van der Waals surface area contributed by atoms with Crippen LogP contribution in [0.2, 0.25) is 0 Å². The highest BCUT2D eigenvalue weighted by Gasteiger charge is 2.31. The number of nitrogens with zero attached hydrogens (tertiary/aromatic N) is 2. The van der Waals surface area contributed by atoms with E-state index in [9.17, 15) is 18.3 Å². The number of hydrogen-bond donors (Lipinski definition) is 3. The minimum absolute atomic E-state index is 0.0961. The highest BCUT2D eigenvalue weighted by molar-refractivity contribution is 5.71. The van der Waals surface area contributed by atoms with Crippen molar-refractivity contribution in [3.05, 3.63) is 59.2 Å². The number of rotatable bonds is 8. The number of benzene rings is 2. The van der Waals surface area contributed by atoms with E-state index < -0.39 is 6.36 Å². The lowest BCUT2D eigenvalue weighted by molar-refractivity contribution is -0.274. The van der Waals surface area contributed by atoms with Crippen LogP contribution < -0.4 is 15.4 Å². The Kier molecular flexibility index (Phi) is 7.66. The summed E-state index contributed by atoms with van der Waals surface area (Å²) in [6, 6.07) is 11.1. The van der Waals surface area contributed by atoms with Crippen LogP contribution >= 0.6 is 0 Å². The standard InChI is InChI=1S/C25H29F3N4O2/c1-14(2)21(13-33)30-24-29-20(18-7-6-8-19(11-18)34-25(26,27)28)12-22(32-24)31-23-16(4)9-15(3)10-17(23)5/h6-12,14,21,33H,13H2,1-5H3,(H2,29,30,31,32)/t21-/m0/s1. The zero-order valence-electron chi connectivity index (χ0n) is 19.8. The predicted octanol–water partition coefficient (Wildman–Crippen LogP) is 6.14. The van der Waals surface area contributed by atoms with E-state index in [1.54, 1.807) is 12.1 Å². The number of aryl methyl sites for hydroxylation is 3. The van der Waals surface area contributed by atoms with E-state index in [4.69, 9.17) is 0 Å². The molecule has 9 heteroatoms. The van der Waals surface area contributed by atoms with Gasteiger partial charge in [0.2, 0.25) is 5.95 Å². The van der Waals surface area contributed by atoms with Crippen molar-refractivity contribution in [2.75, 3.05) is 17.2 Å². The highest BCUT2D eigenvalue weighted by atomic mass is 19.4. The topological polar surface area (TPSA) is 79.3 Å². The molecule has 2 aromatic carbocycles. The van der Waals surface area contributed by atoms with E-state index in [2.05, 4.69) is 37.5 Å². The van der Waals surface area contributed by atoms with Crippen molar-refractivity contribution < 1.29 is 23.0 Å². The van der Waals surface area contributed by atoms with Crippen LogP contribution in [0.1, 0.15) is 30.5 Å². The maximum absolute atomic E-state index is 12.7. The third-order valence-electron chi connectivity index (χ3n) is 5.34. The summed E-state index contributed by atoms with van der Waals surface area (Å²) in [4.78, 5) is 9.06. The fraction of sp³-hybridized carbons (Fsp3) is 0.360. The van der Waals surface area contributed by atoms with Crippen molar-refractivity contribution in [1.29, 1.82) is 0 Å². The Morgan fingerprint density at radius 3 is 2.26 bits per heavy atom. The molecule has 0 spiro atoms.